The summed E-state index contributed by atoms with van der Waals surface area (Å²) in [5.41, 5.74) is 5.55. The van der Waals surface area contributed by atoms with Crippen LogP contribution in [0.5, 0.6) is 0 Å². The molecule has 2 amide bonds. The zero-order valence-corrected chi connectivity index (χ0v) is 12.7. The number of carbonyl (C=O) groups excluding carboxylic acids is 2. The fraction of sp³-hybridized carbons (Fsp3) is 0.769. The molecule has 0 aromatic rings. The molecule has 1 fully saturated rings. The van der Waals surface area contributed by atoms with E-state index >= 15 is 0 Å². The summed E-state index contributed by atoms with van der Waals surface area (Å²) in [6.07, 6.45) is 1.77. The van der Waals surface area contributed by atoms with Crippen molar-refractivity contribution in [1.82, 2.24) is 10.2 Å². The number of rotatable bonds is 7. The van der Waals surface area contributed by atoms with Crippen molar-refractivity contribution in [3.63, 3.8) is 0 Å². The molecule has 20 heavy (non-hydrogen) atoms. The minimum atomic E-state index is -0.437. The summed E-state index contributed by atoms with van der Waals surface area (Å²) in [5.74, 6) is -0.585. The highest BCUT2D eigenvalue weighted by molar-refractivity contribution is 7.80. The zero-order chi connectivity index (χ0) is 15.0. The molecule has 1 heterocycles. The van der Waals surface area contributed by atoms with Crippen LogP contribution in [0.2, 0.25) is 0 Å². The average Bonchev–Trinajstić information content (AvgIpc) is 2.45. The van der Waals surface area contributed by atoms with E-state index in [4.69, 9.17) is 22.7 Å². The molecule has 1 atom stereocenters. The summed E-state index contributed by atoms with van der Waals surface area (Å²) < 4.78 is 5.19. The van der Waals surface area contributed by atoms with Crippen molar-refractivity contribution in [2.24, 2.45) is 11.7 Å². The Kier molecular flexibility index (Phi) is 7.46. The third-order valence-electron chi connectivity index (χ3n) is 3.24. The Bertz CT molecular complexity index is 357. The predicted molar refractivity (Wildman–Crippen MR) is 80.2 cm³/mol. The maximum Gasteiger partial charge on any atom is 0.229 e. The van der Waals surface area contributed by atoms with Gasteiger partial charge >= 0.3 is 0 Å². The van der Waals surface area contributed by atoms with Crippen molar-refractivity contribution < 1.29 is 14.3 Å². The van der Waals surface area contributed by atoms with Crippen molar-refractivity contribution in [2.45, 2.75) is 26.2 Å². The van der Waals surface area contributed by atoms with Crippen molar-refractivity contribution in [3.8, 4) is 0 Å². The first-order valence-electron chi connectivity index (χ1n) is 6.98. The second-order valence-electron chi connectivity index (χ2n) is 4.78. The molecule has 0 spiro atoms. The number of carbonyl (C=O) groups is 2. The van der Waals surface area contributed by atoms with E-state index in [1.54, 1.807) is 4.90 Å². The van der Waals surface area contributed by atoms with Crippen LogP contribution in [0.25, 0.3) is 0 Å². The van der Waals surface area contributed by atoms with Gasteiger partial charge < -0.3 is 20.7 Å². The van der Waals surface area contributed by atoms with Gasteiger partial charge in [-0.3, -0.25) is 9.59 Å². The maximum absolute atomic E-state index is 11.9. The topological polar surface area (TPSA) is 84.7 Å². The van der Waals surface area contributed by atoms with Crippen LogP contribution in [-0.4, -0.2) is 54.6 Å². The van der Waals surface area contributed by atoms with Crippen molar-refractivity contribution in [1.29, 1.82) is 0 Å². The maximum atomic E-state index is 11.9. The van der Waals surface area contributed by atoms with Crippen LogP contribution in [0.3, 0.4) is 0 Å². The number of thiocarbonyl (C=S) groups is 1. The van der Waals surface area contributed by atoms with Crippen LogP contribution in [0.15, 0.2) is 0 Å². The molecular formula is C13H23N3O3S. The minimum absolute atomic E-state index is 0.0379. The molecule has 1 unspecified atom stereocenters. The number of nitrogens with zero attached hydrogens (tertiary/aromatic N) is 1. The lowest BCUT2D eigenvalue weighted by molar-refractivity contribution is -0.135. The molecule has 0 aliphatic carbocycles. The van der Waals surface area contributed by atoms with Crippen molar-refractivity contribution in [2.75, 3.05) is 32.8 Å². The van der Waals surface area contributed by atoms with Crippen molar-refractivity contribution >= 4 is 29.0 Å². The quantitative estimate of drug-likeness (QED) is 0.649. The Hall–Kier alpha value is -1.21. The molecule has 0 aromatic carbocycles. The molecule has 0 radical (unpaired) electrons. The van der Waals surface area contributed by atoms with Crippen LogP contribution >= 0.6 is 12.2 Å². The monoisotopic (exact) mass is 301 g/mol. The van der Waals surface area contributed by atoms with E-state index in [1.165, 1.54) is 0 Å². The van der Waals surface area contributed by atoms with Gasteiger partial charge in [-0.05, 0) is 6.42 Å². The molecule has 7 heteroatoms. The molecule has 0 saturated carbocycles. The van der Waals surface area contributed by atoms with E-state index in [-0.39, 0.29) is 16.8 Å². The summed E-state index contributed by atoms with van der Waals surface area (Å²) in [7, 11) is 0. The number of morpholine rings is 1. The first-order valence-corrected chi connectivity index (χ1v) is 7.39. The Morgan fingerprint density at radius 2 is 2.05 bits per heavy atom. The Morgan fingerprint density at radius 3 is 2.60 bits per heavy atom. The van der Waals surface area contributed by atoms with Crippen LogP contribution < -0.4 is 11.1 Å². The van der Waals surface area contributed by atoms with E-state index in [1.807, 2.05) is 6.92 Å². The molecule has 1 aliphatic heterocycles. The lowest BCUT2D eigenvalue weighted by atomic mass is 10.0. The first-order chi connectivity index (χ1) is 9.56. The van der Waals surface area contributed by atoms with Gasteiger partial charge in [-0.2, -0.15) is 0 Å². The Labute approximate surface area is 125 Å². The lowest BCUT2D eigenvalue weighted by Gasteiger charge is -2.27. The highest BCUT2D eigenvalue weighted by atomic mass is 32.1. The van der Waals surface area contributed by atoms with Crippen LogP contribution in [0.1, 0.15) is 26.2 Å². The van der Waals surface area contributed by atoms with E-state index in [2.05, 4.69) is 5.32 Å². The summed E-state index contributed by atoms with van der Waals surface area (Å²) >= 11 is 4.89. The number of amides is 2. The highest BCUT2D eigenvalue weighted by Gasteiger charge is 2.21. The van der Waals surface area contributed by atoms with E-state index in [0.717, 1.165) is 6.42 Å². The van der Waals surface area contributed by atoms with Gasteiger partial charge in [0.05, 0.1) is 24.1 Å². The molecule has 3 N–H and O–H groups in total. The molecule has 1 aliphatic rings. The lowest BCUT2D eigenvalue weighted by Crippen LogP contribution is -2.43. The van der Waals surface area contributed by atoms with Gasteiger partial charge in [0, 0.05) is 26.1 Å². The van der Waals surface area contributed by atoms with Gasteiger partial charge in [-0.1, -0.05) is 25.6 Å². The standard InChI is InChI=1S/C13H23N3O3S/c1-2-3-10(12(14)20)13(18)15-5-4-11(17)16-6-8-19-9-7-16/h10H,2-9H2,1H3,(H2,14,20)(H,15,18). The summed E-state index contributed by atoms with van der Waals surface area (Å²) in [6.45, 7) is 4.70. The summed E-state index contributed by atoms with van der Waals surface area (Å²) in [5, 5.41) is 2.73. The zero-order valence-electron chi connectivity index (χ0n) is 11.9. The molecule has 6 nitrogen and oxygen atoms in total. The fourth-order valence-electron chi connectivity index (χ4n) is 2.08. The van der Waals surface area contributed by atoms with Gasteiger partial charge in [0.15, 0.2) is 0 Å². The number of nitrogens with two attached hydrogens (primary N) is 1. The van der Waals surface area contributed by atoms with E-state index < -0.39 is 5.92 Å². The number of ether oxygens (including phenoxy) is 1. The molecule has 1 saturated heterocycles. The van der Waals surface area contributed by atoms with Gasteiger partial charge in [0.25, 0.3) is 0 Å². The number of hydrogen-bond acceptors (Lipinski definition) is 4. The van der Waals surface area contributed by atoms with Gasteiger partial charge in [0.1, 0.15) is 0 Å². The van der Waals surface area contributed by atoms with Gasteiger partial charge in [0.2, 0.25) is 11.8 Å². The van der Waals surface area contributed by atoms with Crippen LogP contribution in [0, 0.1) is 5.92 Å². The SMILES string of the molecule is CCCC(C(=O)NCCC(=O)N1CCOCC1)C(N)=S. The highest BCUT2D eigenvalue weighted by Crippen LogP contribution is 2.07. The second kappa shape index (κ2) is 8.86. The fourth-order valence-corrected chi connectivity index (χ4v) is 2.30. The smallest absolute Gasteiger partial charge is 0.229 e. The van der Waals surface area contributed by atoms with Gasteiger partial charge in [-0.25, -0.2) is 0 Å². The van der Waals surface area contributed by atoms with Crippen molar-refractivity contribution in [3.05, 3.63) is 0 Å². The van der Waals surface area contributed by atoms with E-state index in [9.17, 15) is 9.59 Å². The number of nitrogens with one attached hydrogen (secondary N) is 1. The molecule has 114 valence electrons. The third-order valence-corrected chi connectivity index (χ3v) is 3.52. The summed E-state index contributed by atoms with van der Waals surface area (Å²) in [4.78, 5) is 25.8. The molecule has 1 rings (SSSR count). The van der Waals surface area contributed by atoms with E-state index in [0.29, 0.717) is 45.7 Å². The van der Waals surface area contributed by atoms with Crippen LogP contribution in [-0.2, 0) is 14.3 Å². The first kappa shape index (κ1) is 16.8. The Morgan fingerprint density at radius 1 is 1.40 bits per heavy atom. The average molecular weight is 301 g/mol. The molecule has 0 bridgehead atoms. The molecular weight excluding hydrogens is 278 g/mol. The second-order valence-corrected chi connectivity index (χ2v) is 5.25. The normalized spacial score (nSPS) is 16.6. The largest absolute Gasteiger partial charge is 0.393 e. The molecule has 0 aromatic heterocycles. The Balaban J connectivity index is 2.29. The predicted octanol–water partition coefficient (Wildman–Crippen LogP) is 0.0539. The minimum Gasteiger partial charge on any atom is -0.393 e. The number of hydrogen-bond donors (Lipinski definition) is 2. The van der Waals surface area contributed by atoms with Crippen LogP contribution in [0.4, 0.5) is 0 Å². The van der Waals surface area contributed by atoms with Gasteiger partial charge in [-0.15, -0.1) is 0 Å². The third kappa shape index (κ3) is 5.42. The summed E-state index contributed by atoms with van der Waals surface area (Å²) in [6, 6.07) is 0.